The summed E-state index contributed by atoms with van der Waals surface area (Å²) in [5.74, 6) is 0.528. The first kappa shape index (κ1) is 18.4. The molecule has 130 valence electrons. The lowest BCUT2D eigenvalue weighted by Gasteiger charge is -2.13. The van der Waals surface area contributed by atoms with Crippen LogP contribution in [-0.2, 0) is 16.4 Å². The van der Waals surface area contributed by atoms with E-state index < -0.39 is 10.0 Å². The fourth-order valence-electron chi connectivity index (χ4n) is 2.37. The number of rotatable bonds is 9. The van der Waals surface area contributed by atoms with Crippen LogP contribution in [0.25, 0.3) is 0 Å². The highest BCUT2D eigenvalue weighted by atomic mass is 32.2. The Bertz CT molecular complexity index is 718. The first-order chi connectivity index (χ1) is 11.5. The molecule has 0 heterocycles. The number of methoxy groups -OCH3 is 1. The molecule has 0 fully saturated rings. The number of benzene rings is 2. The van der Waals surface area contributed by atoms with Gasteiger partial charge in [-0.3, -0.25) is 0 Å². The van der Waals surface area contributed by atoms with Crippen molar-refractivity contribution >= 4 is 10.0 Å². The molecule has 0 amide bonds. The maximum absolute atomic E-state index is 14.0. The Labute approximate surface area is 142 Å². The standard InChI is InChI=1S/C18H22FNO3S/c1-23-17-11-13-18(14-12-17)24(21,22)20(19)15-7-3-6-10-16-8-4-2-5-9-16/h2,4-5,8-9,11-14H,3,6-7,10,15H2,1H3. The first-order valence-electron chi connectivity index (χ1n) is 7.90. The van der Waals surface area contributed by atoms with E-state index in [0.29, 0.717) is 12.2 Å². The van der Waals surface area contributed by atoms with E-state index in [1.54, 1.807) is 0 Å². The Morgan fingerprint density at radius 1 is 0.958 bits per heavy atom. The Morgan fingerprint density at radius 3 is 2.25 bits per heavy atom. The van der Waals surface area contributed by atoms with Crippen LogP contribution in [0.3, 0.4) is 0 Å². The molecule has 0 aliphatic heterocycles. The summed E-state index contributed by atoms with van der Waals surface area (Å²) in [6.45, 7) is -0.136. The minimum Gasteiger partial charge on any atom is -0.497 e. The molecular weight excluding hydrogens is 329 g/mol. The third-order valence-electron chi connectivity index (χ3n) is 3.76. The van der Waals surface area contributed by atoms with Gasteiger partial charge in [0.1, 0.15) is 5.75 Å². The number of unbranched alkanes of at least 4 members (excludes halogenated alkanes) is 2. The van der Waals surface area contributed by atoms with Crippen LogP contribution in [0.15, 0.2) is 59.5 Å². The van der Waals surface area contributed by atoms with Crippen molar-refractivity contribution in [2.24, 2.45) is 0 Å². The molecule has 0 unspecified atom stereocenters. The lowest BCUT2D eigenvalue weighted by Crippen LogP contribution is -2.24. The van der Waals surface area contributed by atoms with E-state index in [-0.39, 0.29) is 16.0 Å². The van der Waals surface area contributed by atoms with Gasteiger partial charge in [0.05, 0.1) is 12.0 Å². The van der Waals surface area contributed by atoms with E-state index in [1.165, 1.54) is 36.9 Å². The van der Waals surface area contributed by atoms with Crippen LogP contribution >= 0.6 is 0 Å². The van der Waals surface area contributed by atoms with E-state index in [4.69, 9.17) is 4.74 Å². The maximum atomic E-state index is 14.0. The van der Waals surface area contributed by atoms with Crippen molar-refractivity contribution < 1.29 is 17.6 Å². The summed E-state index contributed by atoms with van der Waals surface area (Å²) in [6, 6.07) is 15.7. The van der Waals surface area contributed by atoms with Crippen LogP contribution in [0, 0.1) is 0 Å². The van der Waals surface area contributed by atoms with Gasteiger partial charge in [0.2, 0.25) is 0 Å². The molecule has 0 radical (unpaired) electrons. The SMILES string of the molecule is COc1ccc(S(=O)(=O)N(F)CCCCCc2ccccc2)cc1. The minimum absolute atomic E-state index is 0.0721. The van der Waals surface area contributed by atoms with Crippen LogP contribution in [-0.4, -0.2) is 26.6 Å². The number of halogens is 1. The van der Waals surface area contributed by atoms with Gasteiger partial charge < -0.3 is 4.74 Å². The number of aryl methyl sites for hydroxylation is 1. The number of nitrogens with zero attached hydrogens (tertiary/aromatic N) is 1. The van der Waals surface area contributed by atoms with Crippen molar-refractivity contribution in [1.82, 2.24) is 4.53 Å². The average molecular weight is 351 g/mol. The summed E-state index contributed by atoms with van der Waals surface area (Å²) in [4.78, 5) is -0.0740. The second-order valence-corrected chi connectivity index (χ2v) is 7.31. The van der Waals surface area contributed by atoms with Gasteiger partial charge in [0.15, 0.2) is 0 Å². The van der Waals surface area contributed by atoms with Crippen LogP contribution < -0.4 is 4.74 Å². The van der Waals surface area contributed by atoms with Gasteiger partial charge >= 0.3 is 0 Å². The highest BCUT2D eigenvalue weighted by Crippen LogP contribution is 2.20. The Hall–Kier alpha value is -1.92. The zero-order valence-electron chi connectivity index (χ0n) is 13.7. The topological polar surface area (TPSA) is 46.6 Å². The van der Waals surface area contributed by atoms with Gasteiger partial charge in [0.25, 0.3) is 10.0 Å². The second-order valence-electron chi connectivity index (χ2n) is 5.49. The molecule has 0 aromatic heterocycles. The fraction of sp³-hybridized carbons (Fsp3) is 0.333. The van der Waals surface area contributed by atoms with Crippen molar-refractivity contribution in [1.29, 1.82) is 0 Å². The molecule has 0 N–H and O–H groups in total. The summed E-state index contributed by atoms with van der Waals surface area (Å²) < 4.78 is 43.2. The van der Waals surface area contributed by atoms with E-state index in [0.717, 1.165) is 19.3 Å². The molecule has 2 aromatic rings. The highest BCUT2D eigenvalue weighted by Gasteiger charge is 2.23. The van der Waals surface area contributed by atoms with Crippen LogP contribution in [0.2, 0.25) is 0 Å². The summed E-state index contributed by atoms with van der Waals surface area (Å²) in [5, 5.41) is 0. The average Bonchev–Trinajstić information content (AvgIpc) is 2.62. The molecule has 4 nitrogen and oxygen atoms in total. The summed E-state index contributed by atoms with van der Waals surface area (Å²) in [6.07, 6.45) is 3.07. The quantitative estimate of drug-likeness (QED) is 0.507. The first-order valence-corrected chi connectivity index (χ1v) is 9.34. The molecular formula is C18H22FNO3S. The van der Waals surface area contributed by atoms with Gasteiger partial charge in [0, 0.05) is 6.54 Å². The normalized spacial score (nSPS) is 11.6. The molecule has 6 heteroatoms. The molecule has 2 rings (SSSR count). The largest absolute Gasteiger partial charge is 0.497 e. The lowest BCUT2D eigenvalue weighted by atomic mass is 10.1. The zero-order chi connectivity index (χ0) is 17.4. The maximum Gasteiger partial charge on any atom is 0.269 e. The summed E-state index contributed by atoms with van der Waals surface area (Å²) in [5.41, 5.74) is 1.24. The number of hydrogen-bond donors (Lipinski definition) is 0. The number of ether oxygens (including phenoxy) is 1. The van der Waals surface area contributed by atoms with Gasteiger partial charge in [-0.1, -0.05) is 36.8 Å². The molecule has 0 saturated heterocycles. The number of hydrogen-bond acceptors (Lipinski definition) is 3. The molecule has 0 aliphatic carbocycles. The van der Waals surface area contributed by atoms with E-state index in [2.05, 4.69) is 12.1 Å². The Kier molecular flexibility index (Phi) is 6.75. The second kappa shape index (κ2) is 8.80. The van der Waals surface area contributed by atoms with E-state index in [1.807, 2.05) is 18.2 Å². The number of sulfonamides is 1. The van der Waals surface area contributed by atoms with Gasteiger partial charge in [-0.15, -0.1) is 4.48 Å². The molecule has 0 aliphatic rings. The van der Waals surface area contributed by atoms with Crippen molar-refractivity contribution in [3.8, 4) is 5.75 Å². The van der Waals surface area contributed by atoms with Crippen molar-refractivity contribution in [2.45, 2.75) is 30.6 Å². The lowest BCUT2D eigenvalue weighted by molar-refractivity contribution is 0.136. The molecule has 0 spiro atoms. The monoisotopic (exact) mass is 351 g/mol. The van der Waals surface area contributed by atoms with Crippen LogP contribution in [0.5, 0.6) is 5.75 Å². The molecule has 0 saturated carbocycles. The molecule has 0 bridgehead atoms. The molecule has 0 atom stereocenters. The van der Waals surface area contributed by atoms with Crippen molar-refractivity contribution in [3.63, 3.8) is 0 Å². The van der Waals surface area contributed by atoms with E-state index >= 15 is 0 Å². The summed E-state index contributed by atoms with van der Waals surface area (Å²) >= 11 is 0. The predicted octanol–water partition coefficient (Wildman–Crippen LogP) is 3.98. The fourth-order valence-corrected chi connectivity index (χ4v) is 3.45. The smallest absolute Gasteiger partial charge is 0.269 e. The Morgan fingerprint density at radius 2 is 1.62 bits per heavy atom. The Balaban J connectivity index is 1.79. The van der Waals surface area contributed by atoms with Crippen molar-refractivity contribution in [2.75, 3.05) is 13.7 Å². The van der Waals surface area contributed by atoms with E-state index in [9.17, 15) is 12.9 Å². The van der Waals surface area contributed by atoms with Gasteiger partial charge in [-0.2, -0.15) is 0 Å². The van der Waals surface area contributed by atoms with Gasteiger partial charge in [-0.25, -0.2) is 8.42 Å². The summed E-state index contributed by atoms with van der Waals surface area (Å²) in [7, 11) is -2.61. The van der Waals surface area contributed by atoms with Crippen LogP contribution in [0.4, 0.5) is 4.48 Å². The van der Waals surface area contributed by atoms with Crippen LogP contribution in [0.1, 0.15) is 24.8 Å². The molecule has 24 heavy (non-hydrogen) atoms. The molecule has 2 aromatic carbocycles. The van der Waals surface area contributed by atoms with Crippen molar-refractivity contribution in [3.05, 3.63) is 60.2 Å². The zero-order valence-corrected chi connectivity index (χ0v) is 14.5. The highest BCUT2D eigenvalue weighted by molar-refractivity contribution is 7.89. The third-order valence-corrected chi connectivity index (χ3v) is 5.33. The van der Waals surface area contributed by atoms with Gasteiger partial charge in [-0.05, 0) is 53.6 Å². The third kappa shape index (κ3) is 5.04. The minimum atomic E-state index is -4.09. The predicted molar refractivity (Wildman–Crippen MR) is 92.0 cm³/mol.